The molecule has 2 aliphatic rings. The van der Waals surface area contributed by atoms with E-state index in [1.807, 2.05) is 6.07 Å². The molecule has 1 aliphatic carbocycles. The van der Waals surface area contributed by atoms with Crippen LogP contribution in [-0.2, 0) is 9.53 Å². The molecule has 5 atom stereocenters. The van der Waals surface area contributed by atoms with Crippen LogP contribution in [-0.4, -0.2) is 53.2 Å². The molecule has 0 saturated heterocycles. The molecule has 2 aromatic carbocycles. The van der Waals surface area contributed by atoms with Crippen LogP contribution in [0, 0.1) is 0 Å². The van der Waals surface area contributed by atoms with Gasteiger partial charge in [-0.1, -0.05) is 24.3 Å². The zero-order valence-electron chi connectivity index (χ0n) is 16.4. The molecule has 0 spiro atoms. The number of ether oxygens (including phenoxy) is 3. The number of esters is 1. The molecular formula is C22H23NO7. The predicted octanol–water partition coefficient (Wildman–Crippen LogP) is 1.35. The van der Waals surface area contributed by atoms with E-state index >= 15 is 0 Å². The number of hydrogen-bond acceptors (Lipinski definition) is 7. The number of aliphatic hydroxyl groups excluding tert-OH is 2. The number of aliphatic hydroxyl groups is 2. The summed E-state index contributed by atoms with van der Waals surface area (Å²) in [4.78, 5) is 24.2. The van der Waals surface area contributed by atoms with E-state index in [9.17, 15) is 19.8 Å². The lowest BCUT2D eigenvalue weighted by Gasteiger charge is -2.42. The van der Waals surface area contributed by atoms with Crippen LogP contribution in [0.3, 0.4) is 0 Å². The summed E-state index contributed by atoms with van der Waals surface area (Å²) in [5, 5.41) is 24.1. The molecule has 0 radical (unpaired) electrons. The Kier molecular flexibility index (Phi) is 5.61. The topological polar surface area (TPSA) is 114 Å². The van der Waals surface area contributed by atoms with Crippen molar-refractivity contribution in [3.05, 3.63) is 59.7 Å². The molecule has 3 N–H and O–H groups in total. The van der Waals surface area contributed by atoms with E-state index in [4.69, 9.17) is 14.2 Å². The molecule has 1 fully saturated rings. The minimum atomic E-state index is -1.35. The lowest BCUT2D eigenvalue weighted by Crippen LogP contribution is -2.59. The molecule has 1 amide bonds. The monoisotopic (exact) mass is 413 g/mol. The quantitative estimate of drug-likeness (QED) is 0.649. The van der Waals surface area contributed by atoms with Gasteiger partial charge in [0.1, 0.15) is 18.3 Å². The minimum absolute atomic E-state index is 0.122. The van der Waals surface area contributed by atoms with Crippen LogP contribution in [0.25, 0.3) is 0 Å². The highest BCUT2D eigenvalue weighted by atomic mass is 16.7. The van der Waals surface area contributed by atoms with E-state index in [1.165, 1.54) is 6.92 Å². The predicted molar refractivity (Wildman–Crippen MR) is 105 cm³/mol. The second-order valence-corrected chi connectivity index (χ2v) is 7.47. The van der Waals surface area contributed by atoms with Crippen molar-refractivity contribution >= 4 is 11.9 Å². The van der Waals surface area contributed by atoms with Crippen LogP contribution < -0.4 is 14.8 Å². The van der Waals surface area contributed by atoms with Gasteiger partial charge in [0.2, 0.25) is 12.7 Å². The van der Waals surface area contributed by atoms with Crippen molar-refractivity contribution in [1.82, 2.24) is 5.32 Å². The first kappa shape index (κ1) is 20.2. The Labute approximate surface area is 173 Å². The lowest BCUT2D eigenvalue weighted by atomic mass is 9.75. The Hall–Kier alpha value is -3.10. The first-order valence-electron chi connectivity index (χ1n) is 9.73. The molecule has 1 heterocycles. The van der Waals surface area contributed by atoms with Crippen LogP contribution in [0.2, 0.25) is 0 Å². The van der Waals surface area contributed by atoms with Crippen molar-refractivity contribution < 1.29 is 34.0 Å². The number of benzene rings is 2. The summed E-state index contributed by atoms with van der Waals surface area (Å²) in [7, 11) is 0. The van der Waals surface area contributed by atoms with E-state index in [0.29, 0.717) is 17.1 Å². The standard InChI is InChI=1S/C22H23NO7/c1-12(24)23-19-15(14-7-8-16-17(9-14)29-11-28-16)10-18(20(25)21(19)26)30-22(27)13-5-3-2-4-6-13/h2-9,15,18-21,25-26H,10-11H2,1H3,(H,23,24)/t15-,18+,19-,20-,21+/m1/s1. The van der Waals surface area contributed by atoms with E-state index < -0.39 is 36.2 Å². The lowest BCUT2D eigenvalue weighted by molar-refractivity contribution is -0.130. The summed E-state index contributed by atoms with van der Waals surface area (Å²) in [6.45, 7) is 1.47. The Bertz CT molecular complexity index is 932. The van der Waals surface area contributed by atoms with E-state index in [0.717, 1.165) is 5.56 Å². The fourth-order valence-electron chi connectivity index (χ4n) is 4.01. The molecular weight excluding hydrogens is 390 g/mol. The van der Waals surface area contributed by atoms with Gasteiger partial charge in [-0.15, -0.1) is 0 Å². The highest BCUT2D eigenvalue weighted by Gasteiger charge is 2.46. The molecule has 0 aromatic heterocycles. The molecule has 8 nitrogen and oxygen atoms in total. The van der Waals surface area contributed by atoms with Crippen molar-refractivity contribution in [3.63, 3.8) is 0 Å². The maximum Gasteiger partial charge on any atom is 0.338 e. The van der Waals surface area contributed by atoms with Gasteiger partial charge in [-0.25, -0.2) is 4.79 Å². The van der Waals surface area contributed by atoms with Crippen LogP contribution in [0.1, 0.15) is 35.2 Å². The maximum atomic E-state index is 12.5. The maximum absolute atomic E-state index is 12.5. The van der Waals surface area contributed by atoms with Crippen molar-refractivity contribution in [1.29, 1.82) is 0 Å². The average Bonchev–Trinajstić information content (AvgIpc) is 3.21. The van der Waals surface area contributed by atoms with Gasteiger partial charge < -0.3 is 29.7 Å². The highest BCUT2D eigenvalue weighted by Crippen LogP contribution is 2.40. The van der Waals surface area contributed by atoms with Gasteiger partial charge in [-0.05, 0) is 36.2 Å². The van der Waals surface area contributed by atoms with Gasteiger partial charge in [0.15, 0.2) is 11.5 Å². The molecule has 30 heavy (non-hydrogen) atoms. The van der Waals surface area contributed by atoms with Gasteiger partial charge in [-0.3, -0.25) is 4.79 Å². The second-order valence-electron chi connectivity index (χ2n) is 7.47. The number of carbonyl (C=O) groups is 2. The molecule has 2 aromatic rings. The molecule has 1 aliphatic heterocycles. The van der Waals surface area contributed by atoms with Gasteiger partial charge in [0, 0.05) is 12.8 Å². The van der Waals surface area contributed by atoms with Gasteiger partial charge >= 0.3 is 5.97 Å². The fraction of sp³-hybridized carbons (Fsp3) is 0.364. The third-order valence-corrected chi connectivity index (χ3v) is 5.48. The number of hydrogen-bond donors (Lipinski definition) is 3. The zero-order valence-corrected chi connectivity index (χ0v) is 16.4. The first-order chi connectivity index (χ1) is 14.4. The van der Waals surface area contributed by atoms with Crippen LogP contribution in [0.4, 0.5) is 0 Å². The van der Waals surface area contributed by atoms with Crippen LogP contribution in [0.15, 0.2) is 48.5 Å². The summed E-state index contributed by atoms with van der Waals surface area (Å²) in [5.74, 6) is -0.174. The van der Waals surface area contributed by atoms with E-state index in [-0.39, 0.29) is 19.1 Å². The highest BCUT2D eigenvalue weighted by molar-refractivity contribution is 5.89. The second kappa shape index (κ2) is 8.33. The van der Waals surface area contributed by atoms with Crippen molar-refractivity contribution in [2.24, 2.45) is 0 Å². The number of amides is 1. The SMILES string of the molecule is CC(=O)N[C@H]1[C@H](O)[C@H](O)[C@@H](OC(=O)c2ccccc2)C[C@@H]1c1ccc2c(c1)OCO2. The van der Waals surface area contributed by atoms with Crippen molar-refractivity contribution in [3.8, 4) is 11.5 Å². The molecule has 158 valence electrons. The van der Waals surface area contributed by atoms with Gasteiger partial charge in [0.05, 0.1) is 11.6 Å². The average molecular weight is 413 g/mol. The Morgan fingerprint density at radius 1 is 1.03 bits per heavy atom. The minimum Gasteiger partial charge on any atom is -0.456 e. The third-order valence-electron chi connectivity index (χ3n) is 5.48. The summed E-state index contributed by atoms with van der Waals surface area (Å²) >= 11 is 0. The molecule has 4 rings (SSSR count). The van der Waals surface area contributed by atoms with Crippen molar-refractivity contribution in [2.45, 2.75) is 43.6 Å². The largest absolute Gasteiger partial charge is 0.456 e. The fourth-order valence-corrected chi connectivity index (χ4v) is 4.01. The molecule has 1 saturated carbocycles. The summed E-state index contributed by atoms with van der Waals surface area (Å²) in [5.41, 5.74) is 1.12. The number of fused-ring (bicyclic) bond motifs is 1. The van der Waals surface area contributed by atoms with Gasteiger partial charge in [0.25, 0.3) is 0 Å². The summed E-state index contributed by atoms with van der Waals surface area (Å²) < 4.78 is 16.3. The Balaban J connectivity index is 1.61. The number of nitrogens with one attached hydrogen (secondary N) is 1. The van der Waals surface area contributed by atoms with E-state index in [2.05, 4.69) is 5.32 Å². The molecule has 8 heteroatoms. The Morgan fingerprint density at radius 2 is 1.77 bits per heavy atom. The smallest absolute Gasteiger partial charge is 0.338 e. The van der Waals surface area contributed by atoms with Crippen molar-refractivity contribution in [2.75, 3.05) is 6.79 Å². The third kappa shape index (κ3) is 3.96. The van der Waals surface area contributed by atoms with Gasteiger partial charge in [-0.2, -0.15) is 0 Å². The van der Waals surface area contributed by atoms with E-state index in [1.54, 1.807) is 42.5 Å². The Morgan fingerprint density at radius 3 is 2.50 bits per heavy atom. The number of rotatable bonds is 4. The summed E-state index contributed by atoms with van der Waals surface area (Å²) in [6, 6.07) is 13.0. The molecule has 0 unspecified atom stereocenters. The normalized spacial score (nSPS) is 27.4. The summed E-state index contributed by atoms with van der Waals surface area (Å²) in [6.07, 6.45) is -3.42. The van der Waals surface area contributed by atoms with Crippen LogP contribution >= 0.6 is 0 Å². The van der Waals surface area contributed by atoms with Crippen LogP contribution in [0.5, 0.6) is 11.5 Å². The molecule has 0 bridgehead atoms. The first-order valence-corrected chi connectivity index (χ1v) is 9.73. The zero-order chi connectivity index (χ0) is 21.3. The number of carbonyl (C=O) groups excluding carboxylic acids is 2.